The average molecular weight is 623 g/mol. The van der Waals surface area contributed by atoms with E-state index < -0.39 is 11.6 Å². The third-order valence-electron chi connectivity index (χ3n) is 10.9. The highest BCUT2D eigenvalue weighted by molar-refractivity contribution is 6.04. The molecule has 5 fully saturated rings. The van der Waals surface area contributed by atoms with Crippen molar-refractivity contribution in [2.24, 2.45) is 11.3 Å². The number of likely N-dealkylation sites (tertiary alicyclic amines) is 1. The van der Waals surface area contributed by atoms with E-state index in [1.807, 2.05) is 0 Å². The maximum absolute atomic E-state index is 16.9. The summed E-state index contributed by atoms with van der Waals surface area (Å²) in [7, 11) is 0. The van der Waals surface area contributed by atoms with Crippen molar-refractivity contribution in [2.45, 2.75) is 43.8 Å². The molecule has 10 heteroatoms. The molecule has 2 bridgehead atoms. The van der Waals surface area contributed by atoms with Crippen LogP contribution in [0.5, 0.6) is 11.8 Å². The molecule has 0 spiro atoms. The summed E-state index contributed by atoms with van der Waals surface area (Å²) in [5, 5.41) is 19.1. The van der Waals surface area contributed by atoms with Crippen LogP contribution in [-0.2, 0) is 0 Å². The summed E-state index contributed by atoms with van der Waals surface area (Å²) >= 11 is 0. The number of terminal acetylenes is 1. The molecule has 8 nitrogen and oxygen atoms in total. The van der Waals surface area contributed by atoms with Crippen LogP contribution < -0.4 is 20.3 Å². The Balaban J connectivity index is 1.13. The number of nitrogens with one attached hydrogen (secondary N) is 2. The second kappa shape index (κ2) is 10.5. The number of ether oxygens (including phenoxy) is 1. The zero-order valence-corrected chi connectivity index (χ0v) is 25.5. The van der Waals surface area contributed by atoms with E-state index >= 15 is 8.78 Å². The molecule has 0 radical (unpaired) electrons. The van der Waals surface area contributed by atoms with Gasteiger partial charge in [0, 0.05) is 90.6 Å². The molecule has 1 saturated carbocycles. The fourth-order valence-electron chi connectivity index (χ4n) is 8.30. The minimum atomic E-state index is -0.832. The molecule has 236 valence electrons. The fourth-order valence-corrected chi connectivity index (χ4v) is 8.30. The number of halogens is 2. The summed E-state index contributed by atoms with van der Waals surface area (Å²) < 4.78 is 39.5. The third-order valence-corrected chi connectivity index (χ3v) is 10.9. The molecule has 5 heterocycles. The number of benzene rings is 3. The first-order valence-corrected chi connectivity index (χ1v) is 16.4. The van der Waals surface area contributed by atoms with Crippen LogP contribution in [0.2, 0.25) is 0 Å². The van der Waals surface area contributed by atoms with E-state index in [-0.39, 0.29) is 33.8 Å². The molecule has 3 aromatic carbocycles. The van der Waals surface area contributed by atoms with Gasteiger partial charge in [-0.3, -0.25) is 0 Å². The van der Waals surface area contributed by atoms with E-state index in [1.54, 1.807) is 24.3 Å². The Hall–Kier alpha value is -4.04. The van der Waals surface area contributed by atoms with E-state index in [2.05, 4.69) is 31.3 Å². The first-order valence-electron chi connectivity index (χ1n) is 16.4. The Morgan fingerprint density at radius 3 is 2.59 bits per heavy atom. The molecule has 46 heavy (non-hydrogen) atoms. The van der Waals surface area contributed by atoms with Crippen molar-refractivity contribution in [2.75, 3.05) is 50.8 Å². The Bertz CT molecular complexity index is 1920. The van der Waals surface area contributed by atoms with Gasteiger partial charge in [-0.25, -0.2) is 8.78 Å². The second-order valence-corrected chi connectivity index (χ2v) is 14.1. The molecule has 1 aliphatic carbocycles. The first-order chi connectivity index (χ1) is 22.4. The maximum Gasteiger partial charge on any atom is 0.319 e. The molecule has 3 N–H and O–H groups in total. The molecule has 4 aromatic rings. The van der Waals surface area contributed by atoms with E-state index in [0.29, 0.717) is 65.4 Å². The van der Waals surface area contributed by atoms with E-state index in [0.717, 1.165) is 57.8 Å². The minimum absolute atomic E-state index is 0.0102. The number of fused-ring (bicyclic) bond motifs is 5. The Kier molecular flexibility index (Phi) is 6.43. The molecular formula is C36H36F2N6O2. The van der Waals surface area contributed by atoms with Gasteiger partial charge in [-0.05, 0) is 55.3 Å². The number of rotatable bonds is 7. The topological polar surface area (TPSA) is 85.8 Å². The zero-order valence-electron chi connectivity index (χ0n) is 25.5. The van der Waals surface area contributed by atoms with Gasteiger partial charge in [-0.1, -0.05) is 18.1 Å². The van der Waals surface area contributed by atoms with Gasteiger partial charge in [0.1, 0.15) is 22.9 Å². The molecule has 5 aliphatic rings. The van der Waals surface area contributed by atoms with Crippen LogP contribution in [0.1, 0.15) is 31.2 Å². The summed E-state index contributed by atoms with van der Waals surface area (Å²) in [6.07, 6.45) is 10.1. The molecule has 1 aromatic heterocycles. The Morgan fingerprint density at radius 1 is 1.07 bits per heavy atom. The summed E-state index contributed by atoms with van der Waals surface area (Å²) in [4.78, 5) is 14.1. The van der Waals surface area contributed by atoms with Crippen LogP contribution >= 0.6 is 0 Å². The molecular weight excluding hydrogens is 586 g/mol. The highest BCUT2D eigenvalue weighted by Crippen LogP contribution is 2.48. The van der Waals surface area contributed by atoms with Crippen molar-refractivity contribution in [1.29, 1.82) is 0 Å². The number of aromatic nitrogens is 2. The van der Waals surface area contributed by atoms with Gasteiger partial charge in [-0.15, -0.1) is 6.42 Å². The van der Waals surface area contributed by atoms with Gasteiger partial charge in [0.15, 0.2) is 5.82 Å². The largest absolute Gasteiger partial charge is 0.508 e. The normalized spacial score (nSPS) is 26.2. The summed E-state index contributed by atoms with van der Waals surface area (Å²) in [5.41, 5.74) is 0.391. The molecule has 4 unspecified atom stereocenters. The van der Waals surface area contributed by atoms with E-state index in [1.165, 1.54) is 12.1 Å². The highest BCUT2D eigenvalue weighted by Gasteiger charge is 2.48. The number of anilines is 1. The number of hydrogen-bond donors (Lipinski definition) is 3. The predicted octanol–water partition coefficient (Wildman–Crippen LogP) is 4.42. The van der Waals surface area contributed by atoms with Gasteiger partial charge < -0.3 is 30.3 Å². The van der Waals surface area contributed by atoms with E-state index in [9.17, 15) is 5.11 Å². The van der Waals surface area contributed by atoms with Gasteiger partial charge >= 0.3 is 6.01 Å². The summed E-state index contributed by atoms with van der Waals surface area (Å²) in [5.74, 6) is 2.14. The van der Waals surface area contributed by atoms with Crippen LogP contribution in [0.15, 0.2) is 36.4 Å². The third kappa shape index (κ3) is 4.67. The fraction of sp³-hybridized carbons (Fsp3) is 0.444. The van der Waals surface area contributed by atoms with Gasteiger partial charge in [0.25, 0.3) is 0 Å². The van der Waals surface area contributed by atoms with Gasteiger partial charge in [-0.2, -0.15) is 9.97 Å². The number of aromatic hydroxyl groups is 1. The minimum Gasteiger partial charge on any atom is -0.508 e. The summed E-state index contributed by atoms with van der Waals surface area (Å²) in [6, 6.07) is 10.8. The van der Waals surface area contributed by atoms with Crippen molar-refractivity contribution in [3.05, 3.63) is 53.6 Å². The molecule has 9 rings (SSSR count). The number of piperazine rings is 1. The van der Waals surface area contributed by atoms with Crippen molar-refractivity contribution in [3.63, 3.8) is 0 Å². The van der Waals surface area contributed by atoms with Crippen LogP contribution in [0.4, 0.5) is 14.6 Å². The average Bonchev–Trinajstić information content (AvgIpc) is 3.64. The van der Waals surface area contributed by atoms with Gasteiger partial charge in [0.05, 0.1) is 12.2 Å². The molecule has 4 aliphatic heterocycles. The molecule has 4 atom stereocenters. The van der Waals surface area contributed by atoms with Crippen molar-refractivity contribution >= 4 is 27.5 Å². The molecule has 4 saturated heterocycles. The zero-order chi connectivity index (χ0) is 31.2. The monoisotopic (exact) mass is 622 g/mol. The van der Waals surface area contributed by atoms with Crippen molar-refractivity contribution in [3.8, 4) is 35.2 Å². The lowest BCUT2D eigenvalue weighted by atomic mass is 9.93. The Labute approximate surface area is 266 Å². The number of phenolic OH excluding ortho intramolecular Hbond substituents is 1. The predicted molar refractivity (Wildman–Crippen MR) is 173 cm³/mol. The lowest BCUT2D eigenvalue weighted by Gasteiger charge is -2.34. The SMILES string of the molecule is C#Cc1cccc2cc(O)cc(-c3c(F)cc4c(N5CC6CCC(C5)N6)nc(OCC5(CN6CC7CNC7C6)CC5)nc4c3F)c12. The maximum atomic E-state index is 16.9. The van der Waals surface area contributed by atoms with E-state index in [4.69, 9.17) is 16.1 Å². The lowest BCUT2D eigenvalue weighted by molar-refractivity contribution is 0.169. The number of phenols is 1. The quantitative estimate of drug-likeness (QED) is 0.262. The number of hydrogen-bond acceptors (Lipinski definition) is 8. The smallest absolute Gasteiger partial charge is 0.319 e. The van der Waals surface area contributed by atoms with Crippen molar-refractivity contribution in [1.82, 2.24) is 25.5 Å². The van der Waals surface area contributed by atoms with Crippen LogP contribution in [0, 0.1) is 35.3 Å². The Morgan fingerprint density at radius 2 is 1.89 bits per heavy atom. The number of nitrogens with zero attached hydrogens (tertiary/aromatic N) is 4. The van der Waals surface area contributed by atoms with Crippen molar-refractivity contribution < 1.29 is 18.6 Å². The first kappa shape index (κ1) is 28.2. The lowest BCUT2D eigenvalue weighted by Crippen LogP contribution is -2.51. The van der Waals surface area contributed by atoms with Crippen LogP contribution in [0.25, 0.3) is 32.8 Å². The highest BCUT2D eigenvalue weighted by atomic mass is 19.1. The van der Waals surface area contributed by atoms with Crippen LogP contribution in [-0.4, -0.2) is 84.0 Å². The second-order valence-electron chi connectivity index (χ2n) is 14.1. The summed E-state index contributed by atoms with van der Waals surface area (Å²) in [6.45, 7) is 6.07. The molecule has 0 amide bonds. The van der Waals surface area contributed by atoms with Gasteiger partial charge in [0.2, 0.25) is 0 Å². The van der Waals surface area contributed by atoms with Crippen LogP contribution in [0.3, 0.4) is 0 Å². The standard InChI is InChI=1S/C36H36F2N6O2/c1-2-20-4-3-5-21-10-25(45)11-26(30(20)21)31-28(37)12-27-33(32(31)38)41-35(42-34(27)44-15-23-6-7-24(16-44)40-23)46-19-36(8-9-36)18-43-14-22-13-39-29(22)17-43/h1,3-5,10-12,22-24,29,39-40,45H,6-9,13-19H2.